The Kier molecular flexibility index (Phi) is 10.0. The van der Waals surface area contributed by atoms with Crippen LogP contribution >= 0.6 is 68.4 Å². The molecule has 0 fully saturated rings. The molecule has 5 rings (SSSR count). The fourth-order valence-electron chi connectivity index (χ4n) is 4.16. The van der Waals surface area contributed by atoms with E-state index in [4.69, 9.17) is 32.7 Å². The summed E-state index contributed by atoms with van der Waals surface area (Å²) in [4.78, 5) is 12.9. The maximum Gasteiger partial charge on any atom is 0.275 e. The third kappa shape index (κ3) is 7.51. The van der Waals surface area contributed by atoms with Crippen LogP contribution in [0.3, 0.4) is 0 Å². The number of carbonyl (C=O) groups is 1. The molecule has 0 saturated heterocycles. The van der Waals surface area contributed by atoms with Crippen molar-refractivity contribution < 1.29 is 14.3 Å². The average Bonchev–Trinajstić information content (AvgIpc) is 2.96. The number of hydrogen-bond donors (Lipinski definition) is 1. The van der Waals surface area contributed by atoms with Crippen LogP contribution in [0.4, 0.5) is 0 Å². The first-order chi connectivity index (χ1) is 19.9. The van der Waals surface area contributed by atoms with Gasteiger partial charge in [-0.1, -0.05) is 83.9 Å². The van der Waals surface area contributed by atoms with E-state index in [-0.39, 0.29) is 6.61 Å². The van der Waals surface area contributed by atoms with E-state index in [1.807, 2.05) is 30.3 Å². The molecule has 0 radical (unpaired) electrons. The lowest BCUT2D eigenvalue weighted by atomic mass is 10.1. The van der Waals surface area contributed by atoms with Crippen LogP contribution in [0.5, 0.6) is 11.5 Å². The molecule has 206 valence electrons. The lowest BCUT2D eigenvalue weighted by Gasteiger charge is -2.13. The number of rotatable bonds is 9. The number of halogens is 4. The van der Waals surface area contributed by atoms with Crippen LogP contribution in [0.15, 0.2) is 102 Å². The van der Waals surface area contributed by atoms with Gasteiger partial charge in [0.05, 0.1) is 18.9 Å². The minimum Gasteiger partial charge on any atom is -0.488 e. The van der Waals surface area contributed by atoms with Crippen molar-refractivity contribution in [3.05, 3.63) is 137 Å². The highest BCUT2D eigenvalue weighted by Crippen LogP contribution is 2.30. The topological polar surface area (TPSA) is 59.9 Å². The Morgan fingerprint density at radius 3 is 2.32 bits per heavy atom. The van der Waals surface area contributed by atoms with Crippen molar-refractivity contribution in [1.29, 1.82) is 0 Å². The first-order valence-electron chi connectivity index (χ1n) is 12.5. The molecule has 0 aliphatic carbocycles. The Bertz CT molecular complexity index is 1730. The summed E-state index contributed by atoms with van der Waals surface area (Å²) in [6, 6.07) is 30.6. The Hall–Kier alpha value is -2.86. The number of benzene rings is 5. The van der Waals surface area contributed by atoms with Gasteiger partial charge in [-0.2, -0.15) is 5.10 Å². The van der Waals surface area contributed by atoms with Gasteiger partial charge in [-0.05, 0) is 103 Å². The summed E-state index contributed by atoms with van der Waals surface area (Å²) in [5.74, 6) is 0.841. The SMILES string of the molecule is O=C(N/N=C\c1cc(I)c(OCc2cccc3ccccc23)c(I)c1)c1ccccc1OCc1ccc(Cl)cc1Cl. The van der Waals surface area contributed by atoms with Gasteiger partial charge in [0.2, 0.25) is 0 Å². The van der Waals surface area contributed by atoms with Gasteiger partial charge in [-0.3, -0.25) is 4.79 Å². The summed E-state index contributed by atoms with van der Waals surface area (Å²) in [6.07, 6.45) is 1.60. The number of carbonyl (C=O) groups excluding carboxylic acids is 1. The molecule has 9 heteroatoms. The van der Waals surface area contributed by atoms with Crippen LogP contribution in [-0.2, 0) is 13.2 Å². The first kappa shape index (κ1) is 29.6. The zero-order chi connectivity index (χ0) is 28.8. The second kappa shape index (κ2) is 13.9. The second-order valence-corrected chi connectivity index (χ2v) is 12.1. The van der Waals surface area contributed by atoms with Gasteiger partial charge in [0.25, 0.3) is 5.91 Å². The molecule has 0 aliphatic rings. The van der Waals surface area contributed by atoms with Gasteiger partial charge in [0.1, 0.15) is 24.7 Å². The number of nitrogens with one attached hydrogen (secondary N) is 1. The number of nitrogens with zero attached hydrogens (tertiary/aromatic N) is 1. The molecule has 41 heavy (non-hydrogen) atoms. The standard InChI is InChI=1S/C32H22Cl2I2N2O3/c33-24-13-12-23(27(34)16-24)19-40-30-11-4-3-10-26(30)32(39)38-37-17-20-14-28(35)31(29(36)15-20)41-18-22-8-5-7-21-6-1-2-9-25(21)22/h1-17H,18-19H2,(H,38,39)/b37-17-. The molecule has 5 aromatic carbocycles. The van der Waals surface area contributed by atoms with Gasteiger partial charge in [-0.25, -0.2) is 5.43 Å². The number of hydrazone groups is 1. The fourth-order valence-corrected chi connectivity index (χ4v) is 6.75. The van der Waals surface area contributed by atoms with Gasteiger partial charge >= 0.3 is 0 Å². The Morgan fingerprint density at radius 2 is 1.51 bits per heavy atom. The highest BCUT2D eigenvalue weighted by Gasteiger charge is 2.13. The minimum atomic E-state index is -0.390. The fraction of sp³-hybridized carbons (Fsp3) is 0.0625. The molecular weight excluding hydrogens is 785 g/mol. The molecule has 0 atom stereocenters. The molecule has 0 aromatic heterocycles. The van der Waals surface area contributed by atoms with Crippen LogP contribution in [-0.4, -0.2) is 12.1 Å². The van der Waals surface area contributed by atoms with Crippen molar-refractivity contribution in [1.82, 2.24) is 5.43 Å². The van der Waals surface area contributed by atoms with Crippen molar-refractivity contribution in [2.45, 2.75) is 13.2 Å². The van der Waals surface area contributed by atoms with Crippen molar-refractivity contribution in [3.8, 4) is 11.5 Å². The van der Waals surface area contributed by atoms with Crippen LogP contribution < -0.4 is 14.9 Å². The Morgan fingerprint density at radius 1 is 0.805 bits per heavy atom. The van der Waals surface area contributed by atoms with Crippen LogP contribution in [0, 0.1) is 7.14 Å². The first-order valence-corrected chi connectivity index (χ1v) is 15.4. The van der Waals surface area contributed by atoms with Crippen molar-refractivity contribution in [2.75, 3.05) is 0 Å². The zero-order valence-corrected chi connectivity index (χ0v) is 27.2. The monoisotopic (exact) mass is 806 g/mol. The third-order valence-corrected chi connectivity index (χ3v) is 8.37. The van der Waals surface area contributed by atoms with Crippen LogP contribution in [0.1, 0.15) is 27.0 Å². The zero-order valence-electron chi connectivity index (χ0n) is 21.4. The van der Waals surface area contributed by atoms with Gasteiger partial charge < -0.3 is 9.47 Å². The van der Waals surface area contributed by atoms with E-state index in [0.29, 0.717) is 28.0 Å². The number of amides is 1. The molecule has 5 aromatic rings. The summed E-state index contributed by atoms with van der Waals surface area (Å²) in [5, 5.41) is 7.59. The summed E-state index contributed by atoms with van der Waals surface area (Å²) in [5.41, 5.74) is 5.67. The molecular formula is C32H22Cl2I2N2O3. The lowest BCUT2D eigenvalue weighted by Crippen LogP contribution is -2.18. The van der Waals surface area contributed by atoms with Crippen molar-refractivity contribution in [2.24, 2.45) is 5.10 Å². The maximum atomic E-state index is 12.9. The maximum absolute atomic E-state index is 12.9. The quantitative estimate of drug-likeness (QED) is 0.0919. The molecule has 0 saturated carbocycles. The number of hydrogen-bond acceptors (Lipinski definition) is 4. The van der Waals surface area contributed by atoms with E-state index < -0.39 is 5.91 Å². The Balaban J connectivity index is 1.23. The highest BCUT2D eigenvalue weighted by molar-refractivity contribution is 14.1. The normalized spacial score (nSPS) is 11.1. The number of ether oxygens (including phenoxy) is 2. The molecule has 1 amide bonds. The van der Waals surface area contributed by atoms with Gasteiger partial charge in [-0.15, -0.1) is 0 Å². The largest absolute Gasteiger partial charge is 0.488 e. The number of para-hydroxylation sites is 1. The average molecular weight is 807 g/mol. The summed E-state index contributed by atoms with van der Waals surface area (Å²) < 4.78 is 14.0. The second-order valence-electron chi connectivity index (χ2n) is 8.96. The van der Waals surface area contributed by atoms with Crippen molar-refractivity contribution in [3.63, 3.8) is 0 Å². The lowest BCUT2D eigenvalue weighted by molar-refractivity contribution is 0.0950. The molecule has 0 bridgehead atoms. The smallest absolute Gasteiger partial charge is 0.275 e. The molecule has 0 aliphatic heterocycles. The van der Waals surface area contributed by atoms with Crippen LogP contribution in [0.25, 0.3) is 10.8 Å². The summed E-state index contributed by atoms with van der Waals surface area (Å²) in [7, 11) is 0. The van der Waals surface area contributed by atoms with Gasteiger partial charge in [0.15, 0.2) is 0 Å². The summed E-state index contributed by atoms with van der Waals surface area (Å²) >= 11 is 16.7. The molecule has 1 N–H and O–H groups in total. The molecule has 5 nitrogen and oxygen atoms in total. The van der Waals surface area contributed by atoms with Gasteiger partial charge in [0, 0.05) is 15.6 Å². The van der Waals surface area contributed by atoms with E-state index in [0.717, 1.165) is 29.6 Å². The predicted octanol–water partition coefficient (Wildman–Crippen LogP) is 9.28. The summed E-state index contributed by atoms with van der Waals surface area (Å²) in [6.45, 7) is 0.651. The molecule has 0 unspecified atom stereocenters. The number of fused-ring (bicyclic) bond motifs is 1. The van der Waals surface area contributed by atoms with E-state index in [9.17, 15) is 4.79 Å². The Labute approximate surface area is 275 Å². The molecule has 0 heterocycles. The minimum absolute atomic E-state index is 0.190. The van der Waals surface area contributed by atoms with E-state index >= 15 is 0 Å². The third-order valence-electron chi connectivity index (χ3n) is 6.18. The van der Waals surface area contributed by atoms with Crippen molar-refractivity contribution >= 4 is 91.3 Å². The van der Waals surface area contributed by atoms with E-state index in [1.165, 1.54) is 10.8 Å². The van der Waals surface area contributed by atoms with E-state index in [2.05, 4.69) is 80.0 Å². The van der Waals surface area contributed by atoms with Crippen LogP contribution in [0.2, 0.25) is 10.0 Å². The highest BCUT2D eigenvalue weighted by atomic mass is 127. The van der Waals surface area contributed by atoms with E-state index in [1.54, 1.807) is 48.7 Å². The molecule has 0 spiro atoms. The predicted molar refractivity (Wildman–Crippen MR) is 182 cm³/mol.